The second-order valence-corrected chi connectivity index (χ2v) is 15.1. The van der Waals surface area contributed by atoms with Crippen LogP contribution in [0, 0.1) is 0 Å². The van der Waals surface area contributed by atoms with Gasteiger partial charge in [0.05, 0.1) is 6.10 Å². The van der Waals surface area contributed by atoms with Crippen molar-refractivity contribution in [1.29, 1.82) is 0 Å². The number of nitrogens with zero attached hydrogens (tertiary/aromatic N) is 1. The molecule has 1 unspecified atom stereocenters. The molecule has 1 aromatic heterocycles. The lowest BCUT2D eigenvalue weighted by atomic mass is 10.0. The largest absolute Gasteiger partial charge is 0.491 e. The molecular formula is C28H39NO3Si. The second-order valence-electron chi connectivity index (χ2n) is 10.4. The first-order chi connectivity index (χ1) is 15.7. The maximum Gasteiger partial charge on any atom is 0.192 e. The molecule has 0 aliphatic rings. The van der Waals surface area contributed by atoms with Gasteiger partial charge < -0.3 is 14.3 Å². The van der Waals surface area contributed by atoms with Gasteiger partial charge in [-0.15, -0.1) is 0 Å². The molecule has 1 N–H and O–H groups in total. The highest BCUT2D eigenvalue weighted by Gasteiger charge is 2.39. The topological polar surface area (TPSA) is 51.6 Å². The summed E-state index contributed by atoms with van der Waals surface area (Å²) in [6.45, 7) is 12.2. The fourth-order valence-electron chi connectivity index (χ4n) is 3.63. The van der Waals surface area contributed by atoms with Gasteiger partial charge in [-0.1, -0.05) is 51.1 Å². The molecule has 0 amide bonds. The minimum atomic E-state index is -1.92. The van der Waals surface area contributed by atoms with E-state index in [1.54, 1.807) is 0 Å². The third-order valence-corrected chi connectivity index (χ3v) is 11.2. The third-order valence-electron chi connectivity index (χ3n) is 6.68. The Morgan fingerprint density at radius 3 is 2.42 bits per heavy atom. The number of hydrogen-bond acceptors (Lipinski definition) is 4. The number of aliphatic hydroxyl groups is 1. The molecule has 178 valence electrons. The fraction of sp³-hybridized carbons (Fsp3) is 0.464. The number of benzene rings is 2. The van der Waals surface area contributed by atoms with Gasteiger partial charge in [0.15, 0.2) is 8.32 Å². The van der Waals surface area contributed by atoms with Crippen LogP contribution in [0.2, 0.25) is 18.1 Å². The minimum Gasteiger partial charge on any atom is -0.491 e. The van der Waals surface area contributed by atoms with Crippen LogP contribution in [-0.4, -0.2) is 37.7 Å². The summed E-state index contributed by atoms with van der Waals surface area (Å²) < 4.78 is 13.0. The van der Waals surface area contributed by atoms with E-state index in [9.17, 15) is 0 Å². The molecule has 0 bridgehead atoms. The van der Waals surface area contributed by atoms with Crippen LogP contribution >= 0.6 is 0 Å². The van der Waals surface area contributed by atoms with E-state index in [1.807, 2.05) is 24.5 Å². The average molecular weight is 466 g/mol. The van der Waals surface area contributed by atoms with Crippen LogP contribution in [0.5, 0.6) is 5.75 Å². The van der Waals surface area contributed by atoms with Crippen molar-refractivity contribution in [3.8, 4) is 5.75 Å². The molecule has 0 fully saturated rings. The molecule has 1 heterocycles. The first kappa shape index (κ1) is 25.4. The number of aryl methyl sites for hydroxylation is 2. The quantitative estimate of drug-likeness (QED) is 0.326. The molecule has 0 radical (unpaired) electrons. The van der Waals surface area contributed by atoms with Crippen LogP contribution in [0.4, 0.5) is 0 Å². The Morgan fingerprint density at radius 2 is 1.73 bits per heavy atom. The van der Waals surface area contributed by atoms with Crippen molar-refractivity contribution in [2.24, 2.45) is 0 Å². The van der Waals surface area contributed by atoms with E-state index in [2.05, 4.69) is 75.2 Å². The molecule has 0 saturated carbocycles. The summed E-state index contributed by atoms with van der Waals surface area (Å²) in [5, 5.41) is 11.6. The summed E-state index contributed by atoms with van der Waals surface area (Å²) in [4.78, 5) is 4.25. The monoisotopic (exact) mass is 465 g/mol. The van der Waals surface area contributed by atoms with Crippen LogP contribution in [0.25, 0.3) is 10.8 Å². The highest BCUT2D eigenvalue weighted by atomic mass is 28.4. The van der Waals surface area contributed by atoms with Gasteiger partial charge >= 0.3 is 0 Å². The predicted octanol–water partition coefficient (Wildman–Crippen LogP) is 6.56. The standard InChI is InChI=1S/C28H39NO3Si/c1-28(2,3)33(4,5)32-27(14-11-23-8-6-16-29-20-23)21-31-26-15-13-24-18-22(9-7-17-30)10-12-25(24)19-26/h6,8,10,12-13,15-16,18-20,27,30H,7,9,11,14,17,21H2,1-5H3. The van der Waals surface area contributed by atoms with Gasteiger partial charge in [0, 0.05) is 19.0 Å². The summed E-state index contributed by atoms with van der Waals surface area (Å²) >= 11 is 0. The molecule has 33 heavy (non-hydrogen) atoms. The Bertz CT molecular complexity index is 1010. The molecule has 5 heteroatoms. The van der Waals surface area contributed by atoms with Crippen molar-refractivity contribution in [2.45, 2.75) is 70.7 Å². The first-order valence-electron chi connectivity index (χ1n) is 12.0. The highest BCUT2D eigenvalue weighted by Crippen LogP contribution is 2.38. The van der Waals surface area contributed by atoms with Crippen LogP contribution in [0.15, 0.2) is 60.9 Å². The van der Waals surface area contributed by atoms with E-state index in [1.165, 1.54) is 16.5 Å². The molecule has 2 aromatic carbocycles. The van der Waals surface area contributed by atoms with Gasteiger partial charge in [0.1, 0.15) is 12.4 Å². The van der Waals surface area contributed by atoms with Crippen LogP contribution in [0.3, 0.4) is 0 Å². The highest BCUT2D eigenvalue weighted by molar-refractivity contribution is 6.74. The molecule has 0 saturated heterocycles. The first-order valence-corrected chi connectivity index (χ1v) is 14.9. The van der Waals surface area contributed by atoms with Crippen molar-refractivity contribution < 1.29 is 14.3 Å². The Kier molecular flexibility index (Phi) is 8.68. The molecule has 3 aromatic rings. The fourth-order valence-corrected chi connectivity index (χ4v) is 5.01. The van der Waals surface area contributed by atoms with Crippen molar-refractivity contribution in [3.05, 3.63) is 72.1 Å². The third kappa shape index (κ3) is 7.39. The molecule has 0 aliphatic carbocycles. The zero-order chi connectivity index (χ0) is 23.9. The molecule has 3 rings (SSSR count). The van der Waals surface area contributed by atoms with E-state index in [4.69, 9.17) is 14.3 Å². The smallest absolute Gasteiger partial charge is 0.192 e. The van der Waals surface area contributed by atoms with Crippen molar-refractivity contribution in [2.75, 3.05) is 13.2 Å². The predicted molar refractivity (Wildman–Crippen MR) is 139 cm³/mol. The van der Waals surface area contributed by atoms with Crippen molar-refractivity contribution in [1.82, 2.24) is 4.98 Å². The van der Waals surface area contributed by atoms with Gasteiger partial charge in [-0.3, -0.25) is 4.98 Å². The average Bonchev–Trinajstić information content (AvgIpc) is 2.79. The lowest BCUT2D eigenvalue weighted by Crippen LogP contribution is -2.45. The van der Waals surface area contributed by atoms with E-state index in [0.29, 0.717) is 6.61 Å². The number of pyridine rings is 1. The Labute approximate surface area is 200 Å². The van der Waals surface area contributed by atoms with Gasteiger partial charge in [-0.2, -0.15) is 0 Å². The number of aliphatic hydroxyl groups excluding tert-OH is 1. The Hall–Kier alpha value is -2.21. The number of fused-ring (bicyclic) bond motifs is 1. The van der Waals surface area contributed by atoms with Gasteiger partial charge in [-0.25, -0.2) is 0 Å². The summed E-state index contributed by atoms with van der Waals surface area (Å²) in [7, 11) is -1.92. The number of ether oxygens (including phenoxy) is 1. The van der Waals surface area contributed by atoms with Crippen molar-refractivity contribution >= 4 is 19.1 Å². The summed E-state index contributed by atoms with van der Waals surface area (Å²) in [6.07, 6.45) is 7.29. The van der Waals surface area contributed by atoms with Gasteiger partial charge in [0.2, 0.25) is 0 Å². The summed E-state index contributed by atoms with van der Waals surface area (Å²) in [6, 6.07) is 16.9. The molecule has 4 nitrogen and oxygen atoms in total. The van der Waals surface area contributed by atoms with E-state index >= 15 is 0 Å². The second kappa shape index (κ2) is 11.3. The van der Waals surface area contributed by atoms with Crippen LogP contribution in [-0.2, 0) is 17.3 Å². The normalized spacial score (nSPS) is 13.3. The van der Waals surface area contributed by atoms with E-state index in [-0.39, 0.29) is 17.7 Å². The maximum absolute atomic E-state index is 9.07. The minimum absolute atomic E-state index is 0.0302. The number of aromatic nitrogens is 1. The molecule has 0 aliphatic heterocycles. The summed E-state index contributed by atoms with van der Waals surface area (Å²) in [5.41, 5.74) is 2.48. The lowest BCUT2D eigenvalue weighted by molar-refractivity contribution is 0.108. The zero-order valence-electron chi connectivity index (χ0n) is 20.8. The van der Waals surface area contributed by atoms with Crippen molar-refractivity contribution in [3.63, 3.8) is 0 Å². The molecule has 1 atom stereocenters. The van der Waals surface area contributed by atoms with Crippen LogP contribution in [0.1, 0.15) is 44.7 Å². The Morgan fingerprint density at radius 1 is 0.970 bits per heavy atom. The summed E-state index contributed by atoms with van der Waals surface area (Å²) in [5.74, 6) is 0.871. The lowest BCUT2D eigenvalue weighted by Gasteiger charge is -2.39. The van der Waals surface area contributed by atoms with Crippen LogP contribution < -0.4 is 4.74 Å². The molecule has 0 spiro atoms. The Balaban J connectivity index is 1.69. The number of rotatable bonds is 11. The van der Waals surface area contributed by atoms with Gasteiger partial charge in [0.25, 0.3) is 0 Å². The zero-order valence-corrected chi connectivity index (χ0v) is 21.8. The van der Waals surface area contributed by atoms with Gasteiger partial charge in [-0.05, 0) is 83.9 Å². The SMILES string of the molecule is CC(C)(C)[Si](C)(C)OC(CCc1cccnc1)COc1ccc2cc(CCCO)ccc2c1. The van der Waals surface area contributed by atoms with E-state index < -0.39 is 8.32 Å². The molecular weight excluding hydrogens is 426 g/mol. The number of hydrogen-bond donors (Lipinski definition) is 1. The maximum atomic E-state index is 9.07. The van der Waals surface area contributed by atoms with E-state index in [0.717, 1.165) is 36.8 Å².